The van der Waals surface area contributed by atoms with Crippen LogP contribution >= 0.6 is 0 Å². The zero-order valence-electron chi connectivity index (χ0n) is 16.8. The largest absolute Gasteiger partial charge is 0.486 e. The fourth-order valence-electron chi connectivity index (χ4n) is 3.88. The first-order chi connectivity index (χ1) is 14.3. The lowest BCUT2D eigenvalue weighted by Gasteiger charge is -2.30. The van der Waals surface area contributed by atoms with E-state index in [0.717, 1.165) is 37.4 Å². The van der Waals surface area contributed by atoms with E-state index in [0.29, 0.717) is 13.2 Å². The van der Waals surface area contributed by atoms with Crippen molar-refractivity contribution in [3.63, 3.8) is 0 Å². The third kappa shape index (κ3) is 4.57. The molecule has 1 aliphatic rings. The second-order valence-electron chi connectivity index (χ2n) is 7.59. The van der Waals surface area contributed by atoms with Crippen LogP contribution in [-0.2, 0) is 12.0 Å². The number of fused-ring (bicyclic) bond motifs is 1. The van der Waals surface area contributed by atoms with E-state index in [-0.39, 0.29) is 5.41 Å². The van der Waals surface area contributed by atoms with Gasteiger partial charge >= 0.3 is 0 Å². The van der Waals surface area contributed by atoms with Gasteiger partial charge in [-0.15, -0.1) is 0 Å². The van der Waals surface area contributed by atoms with Crippen LogP contribution in [0.15, 0.2) is 67.0 Å². The predicted molar refractivity (Wildman–Crippen MR) is 113 cm³/mol. The maximum absolute atomic E-state index is 5.67. The van der Waals surface area contributed by atoms with Crippen molar-refractivity contribution in [2.75, 3.05) is 19.8 Å². The van der Waals surface area contributed by atoms with E-state index in [1.807, 2.05) is 12.3 Å². The predicted octanol–water partition coefficient (Wildman–Crippen LogP) is 4.12. The first-order valence-corrected chi connectivity index (χ1v) is 10.2. The highest BCUT2D eigenvalue weighted by Gasteiger charge is 2.28. The average molecular weight is 389 g/mol. The highest BCUT2D eigenvalue weighted by atomic mass is 16.6. The number of ether oxygens (including phenoxy) is 2. The van der Waals surface area contributed by atoms with Crippen molar-refractivity contribution in [1.29, 1.82) is 0 Å². The summed E-state index contributed by atoms with van der Waals surface area (Å²) in [6.07, 6.45) is 5.74. The van der Waals surface area contributed by atoms with E-state index in [4.69, 9.17) is 9.47 Å². The summed E-state index contributed by atoms with van der Waals surface area (Å²) in [6.45, 7) is 5.29. The van der Waals surface area contributed by atoms with Gasteiger partial charge in [0.2, 0.25) is 0 Å². The Morgan fingerprint density at radius 2 is 1.76 bits per heavy atom. The molecular formula is C24H27N3O2. The van der Waals surface area contributed by atoms with Gasteiger partial charge in [-0.05, 0) is 54.3 Å². The summed E-state index contributed by atoms with van der Waals surface area (Å²) < 4.78 is 11.3. The van der Waals surface area contributed by atoms with E-state index >= 15 is 0 Å². The molecule has 0 spiro atoms. The van der Waals surface area contributed by atoms with Crippen LogP contribution in [0.4, 0.5) is 0 Å². The van der Waals surface area contributed by atoms with E-state index in [2.05, 4.69) is 71.0 Å². The quantitative estimate of drug-likeness (QED) is 0.587. The standard InChI is InChI=1S/C24H27N3O2/c1-24(20-6-3-2-4-7-20,21-10-13-26-27-18-21)11-5-12-25-17-19-8-9-22-23(16-19)29-15-14-28-22/h2-4,6-10,13,16,18,25H,5,11-12,14-15,17H2,1H3. The zero-order valence-corrected chi connectivity index (χ0v) is 16.8. The van der Waals surface area contributed by atoms with E-state index < -0.39 is 0 Å². The highest BCUT2D eigenvalue weighted by molar-refractivity contribution is 5.43. The third-order valence-corrected chi connectivity index (χ3v) is 5.60. The average Bonchev–Trinajstić information content (AvgIpc) is 2.80. The van der Waals surface area contributed by atoms with Crippen LogP contribution < -0.4 is 14.8 Å². The molecule has 0 fully saturated rings. The van der Waals surface area contributed by atoms with Crippen LogP contribution in [-0.4, -0.2) is 30.0 Å². The topological polar surface area (TPSA) is 56.3 Å². The van der Waals surface area contributed by atoms with Crippen molar-refractivity contribution in [1.82, 2.24) is 15.5 Å². The van der Waals surface area contributed by atoms with Gasteiger partial charge in [0.05, 0.1) is 6.20 Å². The van der Waals surface area contributed by atoms with Crippen molar-refractivity contribution < 1.29 is 9.47 Å². The summed E-state index contributed by atoms with van der Waals surface area (Å²) in [5, 5.41) is 11.6. The zero-order chi connectivity index (χ0) is 19.9. The fourth-order valence-corrected chi connectivity index (χ4v) is 3.88. The number of benzene rings is 2. The maximum atomic E-state index is 5.67. The first kappa shape index (κ1) is 19.4. The Morgan fingerprint density at radius 1 is 0.931 bits per heavy atom. The maximum Gasteiger partial charge on any atom is 0.161 e. The van der Waals surface area contributed by atoms with Crippen molar-refractivity contribution in [2.45, 2.75) is 31.7 Å². The summed E-state index contributed by atoms with van der Waals surface area (Å²) in [5.41, 5.74) is 3.62. The van der Waals surface area contributed by atoms with Gasteiger partial charge in [-0.2, -0.15) is 10.2 Å². The molecule has 1 unspecified atom stereocenters. The van der Waals surface area contributed by atoms with Gasteiger partial charge in [-0.1, -0.05) is 43.3 Å². The van der Waals surface area contributed by atoms with Gasteiger partial charge < -0.3 is 14.8 Å². The Kier molecular flexibility index (Phi) is 6.06. The molecule has 1 aromatic heterocycles. The summed E-state index contributed by atoms with van der Waals surface area (Å²) >= 11 is 0. The van der Waals surface area contributed by atoms with E-state index in [1.54, 1.807) is 6.20 Å². The Morgan fingerprint density at radius 3 is 2.55 bits per heavy atom. The van der Waals surface area contributed by atoms with Crippen LogP contribution in [0.1, 0.15) is 36.5 Å². The SMILES string of the molecule is CC(CCCNCc1ccc2c(c1)OCCO2)(c1ccccc1)c1ccnnc1. The van der Waals surface area contributed by atoms with Crippen LogP contribution in [0.3, 0.4) is 0 Å². The fraction of sp³-hybridized carbons (Fsp3) is 0.333. The summed E-state index contributed by atoms with van der Waals surface area (Å²) in [6, 6.07) is 18.9. The molecule has 1 N–H and O–H groups in total. The van der Waals surface area contributed by atoms with Gasteiger partial charge in [0.1, 0.15) is 13.2 Å². The summed E-state index contributed by atoms with van der Waals surface area (Å²) in [5.74, 6) is 1.68. The van der Waals surface area contributed by atoms with E-state index in [1.165, 1.54) is 16.7 Å². The van der Waals surface area contributed by atoms with Crippen LogP contribution in [0.25, 0.3) is 0 Å². The number of rotatable bonds is 8. The molecule has 0 saturated carbocycles. The van der Waals surface area contributed by atoms with Gasteiger partial charge in [0.15, 0.2) is 11.5 Å². The molecule has 1 aliphatic heterocycles. The lowest BCUT2D eigenvalue weighted by atomic mass is 9.74. The lowest BCUT2D eigenvalue weighted by molar-refractivity contribution is 0.171. The Bertz CT molecular complexity index is 876. The number of nitrogens with zero attached hydrogens (tertiary/aromatic N) is 2. The second kappa shape index (κ2) is 9.05. The number of hydrogen-bond acceptors (Lipinski definition) is 5. The molecule has 29 heavy (non-hydrogen) atoms. The molecular weight excluding hydrogens is 362 g/mol. The third-order valence-electron chi connectivity index (χ3n) is 5.60. The minimum absolute atomic E-state index is 0.0874. The minimum Gasteiger partial charge on any atom is -0.486 e. The lowest BCUT2D eigenvalue weighted by Crippen LogP contribution is -2.26. The Hall–Kier alpha value is -2.92. The summed E-state index contributed by atoms with van der Waals surface area (Å²) in [7, 11) is 0. The molecule has 0 aliphatic carbocycles. The molecule has 5 heteroatoms. The monoisotopic (exact) mass is 389 g/mol. The molecule has 0 bridgehead atoms. The molecule has 3 aromatic rings. The van der Waals surface area contributed by atoms with Gasteiger partial charge in [-0.3, -0.25) is 0 Å². The first-order valence-electron chi connectivity index (χ1n) is 10.2. The number of nitrogens with one attached hydrogen (secondary N) is 1. The van der Waals surface area contributed by atoms with Crippen LogP contribution in [0.2, 0.25) is 0 Å². The molecule has 5 nitrogen and oxygen atoms in total. The van der Waals surface area contributed by atoms with Crippen molar-refractivity contribution in [3.05, 3.63) is 83.7 Å². The molecule has 4 rings (SSSR count). The Balaban J connectivity index is 1.35. The van der Waals surface area contributed by atoms with E-state index in [9.17, 15) is 0 Å². The molecule has 150 valence electrons. The highest BCUT2D eigenvalue weighted by Crippen LogP contribution is 2.35. The molecule has 0 radical (unpaired) electrons. The Labute approximate surface area is 172 Å². The molecule has 2 heterocycles. The van der Waals surface area contributed by atoms with Crippen molar-refractivity contribution >= 4 is 0 Å². The van der Waals surface area contributed by atoms with Crippen molar-refractivity contribution in [3.8, 4) is 11.5 Å². The molecule has 2 aromatic carbocycles. The van der Waals surface area contributed by atoms with Crippen LogP contribution in [0, 0.1) is 0 Å². The summed E-state index contributed by atoms with van der Waals surface area (Å²) in [4.78, 5) is 0. The molecule has 0 amide bonds. The van der Waals surface area contributed by atoms with Crippen molar-refractivity contribution in [2.24, 2.45) is 0 Å². The van der Waals surface area contributed by atoms with Gasteiger partial charge in [-0.25, -0.2) is 0 Å². The van der Waals surface area contributed by atoms with Gasteiger partial charge in [0, 0.05) is 18.2 Å². The molecule has 0 saturated heterocycles. The van der Waals surface area contributed by atoms with Gasteiger partial charge in [0.25, 0.3) is 0 Å². The normalized spacial score (nSPS) is 14.9. The smallest absolute Gasteiger partial charge is 0.161 e. The molecule has 1 atom stereocenters. The second-order valence-corrected chi connectivity index (χ2v) is 7.59. The number of aromatic nitrogens is 2. The number of hydrogen-bond donors (Lipinski definition) is 1. The van der Waals surface area contributed by atoms with Crippen LogP contribution in [0.5, 0.6) is 11.5 Å². The minimum atomic E-state index is -0.0874.